The molecule has 0 saturated carbocycles. The molecule has 0 bridgehead atoms. The molecule has 1 aromatic carbocycles. The fourth-order valence-corrected chi connectivity index (χ4v) is 1.67. The van der Waals surface area contributed by atoms with Crippen molar-refractivity contribution in [3.8, 4) is 5.75 Å². The van der Waals surface area contributed by atoms with Crippen LogP contribution in [0.4, 0.5) is 5.95 Å². The topological polar surface area (TPSA) is 56.3 Å². The summed E-state index contributed by atoms with van der Waals surface area (Å²) in [5, 5.41) is 3.11. The van der Waals surface area contributed by atoms with Crippen molar-refractivity contribution < 1.29 is 9.47 Å². The number of hydrogen-bond acceptors (Lipinski definition) is 5. The maximum atomic E-state index is 5.59. The van der Waals surface area contributed by atoms with Gasteiger partial charge in [-0.1, -0.05) is 12.1 Å². The first-order valence-corrected chi connectivity index (χ1v) is 6.51. The minimum atomic E-state index is 0.563. The molecule has 20 heavy (non-hydrogen) atoms. The van der Waals surface area contributed by atoms with Crippen LogP contribution in [0, 0.1) is 6.92 Å². The van der Waals surface area contributed by atoms with Crippen molar-refractivity contribution in [2.45, 2.75) is 13.5 Å². The van der Waals surface area contributed by atoms with Gasteiger partial charge in [0.25, 0.3) is 0 Å². The van der Waals surface area contributed by atoms with Crippen LogP contribution >= 0.6 is 0 Å². The van der Waals surface area contributed by atoms with Crippen LogP contribution in [-0.4, -0.2) is 30.2 Å². The van der Waals surface area contributed by atoms with Gasteiger partial charge in [0.15, 0.2) is 0 Å². The van der Waals surface area contributed by atoms with Gasteiger partial charge in [-0.25, -0.2) is 9.97 Å². The molecule has 0 radical (unpaired) electrons. The molecule has 5 heteroatoms. The second-order valence-electron chi connectivity index (χ2n) is 4.41. The summed E-state index contributed by atoms with van der Waals surface area (Å²) in [7, 11) is 1.66. The predicted octanol–water partition coefficient (Wildman–Crippen LogP) is 2.42. The Labute approximate surface area is 119 Å². The molecule has 0 unspecified atom stereocenters. The highest BCUT2D eigenvalue weighted by Crippen LogP contribution is 2.13. The fraction of sp³-hybridized carbons (Fsp3) is 0.333. The van der Waals surface area contributed by atoms with Gasteiger partial charge in [0.1, 0.15) is 5.75 Å². The van der Waals surface area contributed by atoms with Crippen molar-refractivity contribution in [3.05, 3.63) is 47.8 Å². The first kappa shape index (κ1) is 14.3. The molecule has 1 heterocycles. The SMILES string of the molecule is COc1cccc(COCCNc2ncc(C)cn2)c1. The van der Waals surface area contributed by atoms with Crippen molar-refractivity contribution >= 4 is 5.95 Å². The number of aromatic nitrogens is 2. The maximum Gasteiger partial charge on any atom is 0.222 e. The quantitative estimate of drug-likeness (QED) is 0.785. The summed E-state index contributed by atoms with van der Waals surface area (Å²) in [5.74, 6) is 1.47. The van der Waals surface area contributed by atoms with E-state index < -0.39 is 0 Å². The minimum absolute atomic E-state index is 0.563. The Morgan fingerprint density at radius 1 is 1.20 bits per heavy atom. The molecule has 0 aliphatic heterocycles. The lowest BCUT2D eigenvalue weighted by molar-refractivity contribution is 0.130. The standard InChI is InChI=1S/C15H19N3O2/c1-12-9-17-15(18-10-12)16-6-7-20-11-13-4-3-5-14(8-13)19-2/h3-5,8-10H,6-7,11H2,1-2H3,(H,16,17,18). The van der Waals surface area contributed by atoms with E-state index in [0.29, 0.717) is 25.7 Å². The molecular formula is C15H19N3O2. The van der Waals surface area contributed by atoms with Gasteiger partial charge in [0.05, 0.1) is 20.3 Å². The number of hydrogen-bond donors (Lipinski definition) is 1. The number of anilines is 1. The molecule has 0 aliphatic carbocycles. The van der Waals surface area contributed by atoms with E-state index in [1.807, 2.05) is 31.2 Å². The van der Waals surface area contributed by atoms with Crippen LogP contribution in [0.2, 0.25) is 0 Å². The van der Waals surface area contributed by atoms with E-state index in [2.05, 4.69) is 15.3 Å². The van der Waals surface area contributed by atoms with Crippen LogP contribution in [-0.2, 0) is 11.3 Å². The fourth-order valence-electron chi connectivity index (χ4n) is 1.67. The predicted molar refractivity (Wildman–Crippen MR) is 77.9 cm³/mol. The zero-order valence-corrected chi connectivity index (χ0v) is 11.8. The Balaban J connectivity index is 1.67. The Bertz CT molecular complexity index is 529. The lowest BCUT2D eigenvalue weighted by atomic mass is 10.2. The van der Waals surface area contributed by atoms with Crippen molar-refractivity contribution in [2.75, 3.05) is 25.6 Å². The molecule has 0 saturated heterocycles. The largest absolute Gasteiger partial charge is 0.497 e. The first-order valence-electron chi connectivity index (χ1n) is 6.51. The number of benzene rings is 1. The van der Waals surface area contributed by atoms with Crippen LogP contribution < -0.4 is 10.1 Å². The lowest BCUT2D eigenvalue weighted by Gasteiger charge is -2.07. The molecule has 1 N–H and O–H groups in total. The van der Waals surface area contributed by atoms with E-state index in [9.17, 15) is 0 Å². The number of methoxy groups -OCH3 is 1. The van der Waals surface area contributed by atoms with E-state index in [1.54, 1.807) is 19.5 Å². The molecule has 0 amide bonds. The monoisotopic (exact) mass is 273 g/mol. The van der Waals surface area contributed by atoms with Crippen molar-refractivity contribution in [1.29, 1.82) is 0 Å². The summed E-state index contributed by atoms with van der Waals surface area (Å²) >= 11 is 0. The Kier molecular flexibility index (Phi) is 5.32. The van der Waals surface area contributed by atoms with Crippen LogP contribution in [0.3, 0.4) is 0 Å². The van der Waals surface area contributed by atoms with Gasteiger partial charge in [-0.15, -0.1) is 0 Å². The maximum absolute atomic E-state index is 5.59. The Morgan fingerprint density at radius 2 is 2.00 bits per heavy atom. The molecule has 2 rings (SSSR count). The summed E-state index contributed by atoms with van der Waals surface area (Å²) < 4.78 is 10.8. The van der Waals surface area contributed by atoms with E-state index in [-0.39, 0.29) is 0 Å². The van der Waals surface area contributed by atoms with Crippen molar-refractivity contribution in [3.63, 3.8) is 0 Å². The third-order valence-corrected chi connectivity index (χ3v) is 2.71. The Hall–Kier alpha value is -2.14. The zero-order valence-electron chi connectivity index (χ0n) is 11.8. The van der Waals surface area contributed by atoms with Gasteiger partial charge in [0.2, 0.25) is 5.95 Å². The van der Waals surface area contributed by atoms with Gasteiger partial charge in [-0.3, -0.25) is 0 Å². The third kappa shape index (κ3) is 4.51. The number of aryl methyl sites for hydroxylation is 1. The van der Waals surface area contributed by atoms with Gasteiger partial charge in [-0.2, -0.15) is 0 Å². The van der Waals surface area contributed by atoms with Crippen LogP contribution in [0.1, 0.15) is 11.1 Å². The van der Waals surface area contributed by atoms with Crippen LogP contribution in [0.5, 0.6) is 5.75 Å². The molecule has 0 atom stereocenters. The number of ether oxygens (including phenoxy) is 2. The number of nitrogens with zero attached hydrogens (tertiary/aromatic N) is 2. The second-order valence-corrected chi connectivity index (χ2v) is 4.41. The smallest absolute Gasteiger partial charge is 0.222 e. The highest BCUT2D eigenvalue weighted by atomic mass is 16.5. The van der Waals surface area contributed by atoms with Gasteiger partial charge in [-0.05, 0) is 30.2 Å². The minimum Gasteiger partial charge on any atom is -0.497 e. The van der Waals surface area contributed by atoms with E-state index >= 15 is 0 Å². The van der Waals surface area contributed by atoms with E-state index in [1.165, 1.54) is 0 Å². The average molecular weight is 273 g/mol. The molecule has 1 aromatic heterocycles. The third-order valence-electron chi connectivity index (χ3n) is 2.71. The lowest BCUT2D eigenvalue weighted by Crippen LogP contribution is -2.11. The highest BCUT2D eigenvalue weighted by molar-refractivity contribution is 5.28. The number of rotatable bonds is 7. The second kappa shape index (κ2) is 7.45. The molecule has 106 valence electrons. The highest BCUT2D eigenvalue weighted by Gasteiger charge is 1.97. The summed E-state index contributed by atoms with van der Waals surface area (Å²) in [6, 6.07) is 7.85. The molecule has 0 fully saturated rings. The Morgan fingerprint density at radius 3 is 2.75 bits per heavy atom. The van der Waals surface area contributed by atoms with Gasteiger partial charge < -0.3 is 14.8 Å². The molecule has 5 nitrogen and oxygen atoms in total. The van der Waals surface area contributed by atoms with E-state index in [0.717, 1.165) is 16.9 Å². The van der Waals surface area contributed by atoms with E-state index in [4.69, 9.17) is 9.47 Å². The van der Waals surface area contributed by atoms with Gasteiger partial charge in [0, 0.05) is 18.9 Å². The van der Waals surface area contributed by atoms with Crippen LogP contribution in [0.15, 0.2) is 36.7 Å². The summed E-state index contributed by atoms with van der Waals surface area (Å²) in [5.41, 5.74) is 2.14. The summed E-state index contributed by atoms with van der Waals surface area (Å²) in [4.78, 5) is 8.32. The summed E-state index contributed by atoms with van der Waals surface area (Å²) in [6.45, 7) is 3.79. The van der Waals surface area contributed by atoms with Crippen molar-refractivity contribution in [2.24, 2.45) is 0 Å². The van der Waals surface area contributed by atoms with Gasteiger partial charge >= 0.3 is 0 Å². The molecule has 0 spiro atoms. The molecule has 2 aromatic rings. The van der Waals surface area contributed by atoms with Crippen LogP contribution in [0.25, 0.3) is 0 Å². The zero-order chi connectivity index (χ0) is 14.2. The first-order chi connectivity index (χ1) is 9.78. The normalized spacial score (nSPS) is 10.3. The summed E-state index contributed by atoms with van der Waals surface area (Å²) in [6.07, 6.45) is 3.57. The number of nitrogens with one attached hydrogen (secondary N) is 1. The molecular weight excluding hydrogens is 254 g/mol. The molecule has 0 aliphatic rings. The van der Waals surface area contributed by atoms with Crippen molar-refractivity contribution in [1.82, 2.24) is 9.97 Å². The average Bonchev–Trinajstić information content (AvgIpc) is 2.49.